The topological polar surface area (TPSA) is 74.1 Å². The van der Waals surface area contributed by atoms with Crippen LogP contribution in [0.25, 0.3) is 12.2 Å². The minimum absolute atomic E-state index is 0.0901. The standard InChI is InChI=1S/C19H19NO5/c21-20(22)17-7-3-15(4-8-17)1-2-16-5-9-18(10-6-16)24-12-11-23-13-19-14-25-19/h1-10,19H,11-14H2/b2-1+. The van der Waals surface area contributed by atoms with Crippen molar-refractivity contribution in [1.82, 2.24) is 0 Å². The van der Waals surface area contributed by atoms with Crippen molar-refractivity contribution in [1.29, 1.82) is 0 Å². The zero-order valence-electron chi connectivity index (χ0n) is 13.7. The quantitative estimate of drug-likeness (QED) is 0.229. The molecule has 1 atom stereocenters. The Hall–Kier alpha value is -2.70. The molecule has 130 valence electrons. The van der Waals surface area contributed by atoms with Crippen LogP contribution in [0.15, 0.2) is 48.5 Å². The summed E-state index contributed by atoms with van der Waals surface area (Å²) in [6.45, 7) is 2.48. The number of hydrogen-bond donors (Lipinski definition) is 0. The van der Waals surface area contributed by atoms with Crippen LogP contribution >= 0.6 is 0 Å². The number of nitro benzene ring substituents is 1. The van der Waals surface area contributed by atoms with Crippen molar-refractivity contribution >= 4 is 17.8 Å². The number of ether oxygens (including phenoxy) is 3. The molecule has 2 aromatic rings. The summed E-state index contributed by atoms with van der Waals surface area (Å²) in [6, 6.07) is 14.1. The largest absolute Gasteiger partial charge is 0.491 e. The maximum absolute atomic E-state index is 10.6. The predicted molar refractivity (Wildman–Crippen MR) is 94.5 cm³/mol. The highest BCUT2D eigenvalue weighted by atomic mass is 16.6. The first-order chi connectivity index (χ1) is 12.2. The van der Waals surface area contributed by atoms with Gasteiger partial charge in [0, 0.05) is 12.1 Å². The molecule has 0 bridgehead atoms. The van der Waals surface area contributed by atoms with Crippen molar-refractivity contribution in [2.75, 3.05) is 26.4 Å². The lowest BCUT2D eigenvalue weighted by molar-refractivity contribution is -0.384. The van der Waals surface area contributed by atoms with E-state index in [1.165, 1.54) is 12.1 Å². The van der Waals surface area contributed by atoms with Gasteiger partial charge in [-0.3, -0.25) is 10.1 Å². The highest BCUT2D eigenvalue weighted by molar-refractivity contribution is 5.70. The molecule has 1 heterocycles. The third-order valence-electron chi connectivity index (χ3n) is 3.65. The van der Waals surface area contributed by atoms with Crippen molar-refractivity contribution in [3.05, 3.63) is 69.8 Å². The van der Waals surface area contributed by atoms with Crippen LogP contribution in [0, 0.1) is 10.1 Å². The SMILES string of the molecule is O=[N+]([O-])c1ccc(/C=C/c2ccc(OCCOCC3CO3)cc2)cc1. The summed E-state index contributed by atoms with van der Waals surface area (Å²) >= 11 is 0. The minimum Gasteiger partial charge on any atom is -0.491 e. The number of nitrogens with zero attached hydrogens (tertiary/aromatic N) is 1. The van der Waals surface area contributed by atoms with Crippen molar-refractivity contribution in [2.45, 2.75) is 6.10 Å². The second-order valence-corrected chi connectivity index (χ2v) is 5.63. The lowest BCUT2D eigenvalue weighted by atomic mass is 10.1. The second kappa shape index (κ2) is 8.41. The molecule has 1 fully saturated rings. The van der Waals surface area contributed by atoms with Gasteiger partial charge in [-0.05, 0) is 35.4 Å². The Labute approximate surface area is 145 Å². The molecule has 0 aromatic heterocycles. The Kier molecular flexibility index (Phi) is 5.77. The van der Waals surface area contributed by atoms with Gasteiger partial charge in [0.2, 0.25) is 0 Å². The van der Waals surface area contributed by atoms with Crippen LogP contribution in [-0.2, 0) is 9.47 Å². The van der Waals surface area contributed by atoms with Gasteiger partial charge in [0.1, 0.15) is 18.5 Å². The third-order valence-corrected chi connectivity index (χ3v) is 3.65. The van der Waals surface area contributed by atoms with E-state index in [1.54, 1.807) is 12.1 Å². The fraction of sp³-hybridized carbons (Fsp3) is 0.263. The predicted octanol–water partition coefficient (Wildman–Crippen LogP) is 3.56. The van der Waals surface area contributed by atoms with Gasteiger partial charge in [0.05, 0.1) is 24.7 Å². The van der Waals surface area contributed by atoms with E-state index in [-0.39, 0.29) is 11.8 Å². The van der Waals surface area contributed by atoms with Crippen LogP contribution in [0.3, 0.4) is 0 Å². The number of rotatable bonds is 9. The number of hydrogen-bond acceptors (Lipinski definition) is 5. The molecule has 6 heteroatoms. The maximum atomic E-state index is 10.6. The first-order valence-electron chi connectivity index (χ1n) is 8.05. The van der Waals surface area contributed by atoms with Gasteiger partial charge >= 0.3 is 0 Å². The molecule has 0 aliphatic carbocycles. The zero-order valence-corrected chi connectivity index (χ0v) is 13.7. The summed E-state index contributed by atoms with van der Waals surface area (Å²) in [6.07, 6.45) is 4.14. The van der Waals surface area contributed by atoms with E-state index >= 15 is 0 Å². The number of nitro groups is 1. The van der Waals surface area contributed by atoms with Crippen LogP contribution in [0.1, 0.15) is 11.1 Å². The molecule has 3 rings (SSSR count). The summed E-state index contributed by atoms with van der Waals surface area (Å²) in [5.41, 5.74) is 2.02. The van der Waals surface area contributed by atoms with Gasteiger partial charge < -0.3 is 14.2 Å². The van der Waals surface area contributed by atoms with E-state index in [9.17, 15) is 10.1 Å². The Morgan fingerprint density at radius 2 is 1.64 bits per heavy atom. The van der Waals surface area contributed by atoms with Crippen LogP contribution in [0.5, 0.6) is 5.75 Å². The first-order valence-corrected chi connectivity index (χ1v) is 8.05. The molecular weight excluding hydrogens is 322 g/mol. The molecule has 25 heavy (non-hydrogen) atoms. The molecule has 0 saturated carbocycles. The average molecular weight is 341 g/mol. The van der Waals surface area contributed by atoms with E-state index in [2.05, 4.69) is 0 Å². The Morgan fingerprint density at radius 3 is 2.20 bits per heavy atom. The second-order valence-electron chi connectivity index (χ2n) is 5.63. The normalized spacial score (nSPS) is 16.1. The first kappa shape index (κ1) is 17.1. The molecule has 0 radical (unpaired) electrons. The zero-order chi connectivity index (χ0) is 17.5. The molecule has 6 nitrogen and oxygen atoms in total. The third kappa shape index (κ3) is 5.70. The molecule has 2 aromatic carbocycles. The summed E-state index contributed by atoms with van der Waals surface area (Å²) in [7, 11) is 0. The van der Waals surface area contributed by atoms with Crippen molar-refractivity contribution in [2.24, 2.45) is 0 Å². The maximum Gasteiger partial charge on any atom is 0.269 e. The van der Waals surface area contributed by atoms with Gasteiger partial charge in [-0.25, -0.2) is 0 Å². The Morgan fingerprint density at radius 1 is 1.04 bits per heavy atom. The van der Waals surface area contributed by atoms with Gasteiger partial charge in [0.25, 0.3) is 5.69 Å². The minimum atomic E-state index is -0.406. The van der Waals surface area contributed by atoms with Gasteiger partial charge in [-0.2, -0.15) is 0 Å². The Balaban J connectivity index is 1.45. The molecule has 1 saturated heterocycles. The lowest BCUT2D eigenvalue weighted by Gasteiger charge is -2.06. The number of epoxide rings is 1. The van der Waals surface area contributed by atoms with E-state index in [4.69, 9.17) is 14.2 Å². The average Bonchev–Trinajstić information content (AvgIpc) is 3.45. The van der Waals surface area contributed by atoms with E-state index in [0.717, 1.165) is 23.5 Å². The van der Waals surface area contributed by atoms with Gasteiger partial charge in [0.15, 0.2) is 0 Å². The van der Waals surface area contributed by atoms with Crippen LogP contribution < -0.4 is 4.74 Å². The Bertz CT molecular complexity index is 720. The van der Waals surface area contributed by atoms with Crippen molar-refractivity contribution in [3.8, 4) is 5.75 Å². The van der Waals surface area contributed by atoms with Gasteiger partial charge in [-0.15, -0.1) is 0 Å². The van der Waals surface area contributed by atoms with Crippen LogP contribution in [0.2, 0.25) is 0 Å². The van der Waals surface area contributed by atoms with Crippen molar-refractivity contribution in [3.63, 3.8) is 0 Å². The fourth-order valence-electron chi connectivity index (χ4n) is 2.17. The monoisotopic (exact) mass is 341 g/mol. The molecule has 0 N–H and O–H groups in total. The van der Waals surface area contributed by atoms with Crippen molar-refractivity contribution < 1.29 is 19.1 Å². The molecule has 0 amide bonds. The van der Waals surface area contributed by atoms with E-state index in [1.807, 2.05) is 36.4 Å². The smallest absolute Gasteiger partial charge is 0.269 e. The molecule has 1 unspecified atom stereocenters. The lowest BCUT2D eigenvalue weighted by Crippen LogP contribution is -2.10. The summed E-state index contributed by atoms with van der Waals surface area (Å²) < 4.78 is 16.1. The molecule has 1 aliphatic rings. The molecular formula is C19H19NO5. The van der Waals surface area contributed by atoms with Crippen LogP contribution in [-0.4, -0.2) is 37.5 Å². The highest BCUT2D eigenvalue weighted by Gasteiger charge is 2.21. The molecule has 0 spiro atoms. The highest BCUT2D eigenvalue weighted by Crippen LogP contribution is 2.16. The van der Waals surface area contributed by atoms with E-state index < -0.39 is 4.92 Å². The fourth-order valence-corrected chi connectivity index (χ4v) is 2.17. The molecule has 1 aliphatic heterocycles. The summed E-state index contributed by atoms with van der Waals surface area (Å²) in [5.74, 6) is 0.791. The van der Waals surface area contributed by atoms with Crippen LogP contribution in [0.4, 0.5) is 5.69 Å². The van der Waals surface area contributed by atoms with Gasteiger partial charge in [-0.1, -0.05) is 24.3 Å². The number of benzene rings is 2. The number of non-ortho nitro benzene ring substituents is 1. The summed E-state index contributed by atoms with van der Waals surface area (Å²) in [4.78, 5) is 10.2. The van der Waals surface area contributed by atoms with E-state index in [0.29, 0.717) is 19.8 Å². The summed E-state index contributed by atoms with van der Waals surface area (Å²) in [5, 5.41) is 10.6.